The van der Waals surface area contributed by atoms with Crippen LogP contribution in [0.15, 0.2) is 6.20 Å². The molecule has 0 aromatic carbocycles. The molecule has 0 radical (unpaired) electrons. The molecule has 2 heterocycles. The second kappa shape index (κ2) is 2.79. The zero-order chi connectivity index (χ0) is 8.55. The third-order valence-corrected chi connectivity index (χ3v) is 2.21. The minimum Gasteiger partial charge on any atom is -0.381 e. The number of rotatable bonds is 0. The fourth-order valence-corrected chi connectivity index (χ4v) is 1.53. The van der Waals surface area contributed by atoms with Crippen LogP contribution in [0.4, 0.5) is 5.69 Å². The van der Waals surface area contributed by atoms with Gasteiger partial charge in [0.2, 0.25) is 0 Å². The summed E-state index contributed by atoms with van der Waals surface area (Å²) in [6, 6.07) is 0.268. The first kappa shape index (κ1) is 7.61. The Labute approximate surface area is 71.7 Å². The van der Waals surface area contributed by atoms with Crippen molar-refractivity contribution in [2.24, 2.45) is 12.8 Å². The molecule has 4 nitrogen and oxygen atoms in total. The van der Waals surface area contributed by atoms with E-state index < -0.39 is 0 Å². The molecule has 0 bridgehead atoms. The second-order valence-corrected chi connectivity index (χ2v) is 3.34. The number of nitrogens with two attached hydrogens (primary N) is 1. The monoisotopic (exact) mass is 166 g/mol. The highest BCUT2D eigenvalue weighted by molar-refractivity contribution is 5.47. The van der Waals surface area contributed by atoms with Crippen molar-refractivity contribution in [3.8, 4) is 0 Å². The lowest BCUT2D eigenvalue weighted by molar-refractivity contribution is 0.634. The predicted octanol–water partition coefficient (Wildman–Crippen LogP) is 0.106. The summed E-state index contributed by atoms with van der Waals surface area (Å²) in [5.41, 5.74) is 8.10. The Balaban J connectivity index is 2.24. The summed E-state index contributed by atoms with van der Waals surface area (Å²) in [6.07, 6.45) is 4.02. The number of hydrogen-bond donors (Lipinski definition) is 2. The SMILES string of the molecule is Cn1cc2c(n1)CC[C@H](N)CN2. The van der Waals surface area contributed by atoms with E-state index in [0.717, 1.165) is 30.8 Å². The van der Waals surface area contributed by atoms with E-state index in [9.17, 15) is 0 Å². The lowest BCUT2D eigenvalue weighted by Crippen LogP contribution is -2.27. The first-order valence-corrected chi connectivity index (χ1v) is 4.27. The second-order valence-electron chi connectivity index (χ2n) is 3.34. The van der Waals surface area contributed by atoms with Crippen LogP contribution in [0, 0.1) is 0 Å². The summed E-state index contributed by atoms with van der Waals surface area (Å²) < 4.78 is 1.84. The molecule has 0 aliphatic carbocycles. The van der Waals surface area contributed by atoms with Gasteiger partial charge in [-0.1, -0.05) is 0 Å². The summed E-state index contributed by atoms with van der Waals surface area (Å²) in [5, 5.41) is 7.63. The lowest BCUT2D eigenvalue weighted by atomic mass is 10.1. The molecule has 1 atom stereocenters. The number of anilines is 1. The molecule has 1 aliphatic heterocycles. The largest absolute Gasteiger partial charge is 0.381 e. The zero-order valence-electron chi connectivity index (χ0n) is 7.25. The molecular formula is C8H14N4. The number of nitrogens with zero attached hydrogens (tertiary/aromatic N) is 2. The molecule has 66 valence electrons. The van der Waals surface area contributed by atoms with Crippen molar-refractivity contribution in [3.63, 3.8) is 0 Å². The third kappa shape index (κ3) is 1.30. The van der Waals surface area contributed by atoms with Gasteiger partial charge in [-0.25, -0.2) is 0 Å². The third-order valence-electron chi connectivity index (χ3n) is 2.21. The minimum atomic E-state index is 0.268. The van der Waals surface area contributed by atoms with Crippen molar-refractivity contribution >= 4 is 5.69 Å². The smallest absolute Gasteiger partial charge is 0.0856 e. The molecule has 1 aliphatic rings. The number of aryl methyl sites for hydroxylation is 2. The van der Waals surface area contributed by atoms with Crippen LogP contribution in [-0.2, 0) is 13.5 Å². The van der Waals surface area contributed by atoms with E-state index in [1.807, 2.05) is 17.9 Å². The quantitative estimate of drug-likeness (QED) is 0.575. The molecule has 0 spiro atoms. The molecule has 3 N–H and O–H groups in total. The van der Waals surface area contributed by atoms with Crippen molar-refractivity contribution in [1.29, 1.82) is 0 Å². The maximum Gasteiger partial charge on any atom is 0.0856 e. The summed E-state index contributed by atoms with van der Waals surface area (Å²) in [5.74, 6) is 0. The van der Waals surface area contributed by atoms with Gasteiger partial charge in [0.15, 0.2) is 0 Å². The number of nitrogens with one attached hydrogen (secondary N) is 1. The summed E-state index contributed by atoms with van der Waals surface area (Å²) in [4.78, 5) is 0. The van der Waals surface area contributed by atoms with E-state index in [4.69, 9.17) is 5.73 Å². The van der Waals surface area contributed by atoms with Crippen molar-refractivity contribution in [2.75, 3.05) is 11.9 Å². The Morgan fingerprint density at radius 1 is 1.75 bits per heavy atom. The first-order valence-electron chi connectivity index (χ1n) is 4.27. The van der Waals surface area contributed by atoms with Crippen LogP contribution in [0.25, 0.3) is 0 Å². The Morgan fingerprint density at radius 3 is 3.42 bits per heavy atom. The maximum atomic E-state index is 5.81. The number of hydrogen-bond acceptors (Lipinski definition) is 3. The average molecular weight is 166 g/mol. The van der Waals surface area contributed by atoms with E-state index in [-0.39, 0.29) is 6.04 Å². The van der Waals surface area contributed by atoms with Crippen molar-refractivity contribution in [2.45, 2.75) is 18.9 Å². The van der Waals surface area contributed by atoms with Gasteiger partial charge in [-0.2, -0.15) is 5.10 Å². The first-order chi connectivity index (χ1) is 5.75. The van der Waals surface area contributed by atoms with Crippen LogP contribution in [-0.4, -0.2) is 22.4 Å². The standard InChI is InChI=1S/C8H14N4/c1-12-5-8-7(11-12)3-2-6(9)4-10-8/h5-6,10H,2-4,9H2,1H3/t6-/m0/s1. The van der Waals surface area contributed by atoms with Gasteiger partial charge >= 0.3 is 0 Å². The molecule has 0 saturated carbocycles. The molecule has 2 rings (SSSR count). The van der Waals surface area contributed by atoms with Crippen LogP contribution in [0.1, 0.15) is 12.1 Å². The molecule has 0 saturated heterocycles. The Kier molecular flexibility index (Phi) is 1.77. The van der Waals surface area contributed by atoms with Gasteiger partial charge in [-0.3, -0.25) is 4.68 Å². The topological polar surface area (TPSA) is 55.9 Å². The molecule has 0 fully saturated rings. The van der Waals surface area contributed by atoms with Crippen molar-refractivity contribution < 1.29 is 0 Å². The van der Waals surface area contributed by atoms with Gasteiger partial charge in [-0.15, -0.1) is 0 Å². The fraction of sp³-hybridized carbons (Fsp3) is 0.625. The molecule has 1 aromatic heterocycles. The van der Waals surface area contributed by atoms with Crippen LogP contribution in [0.2, 0.25) is 0 Å². The maximum absolute atomic E-state index is 5.81. The van der Waals surface area contributed by atoms with Gasteiger partial charge < -0.3 is 11.1 Å². The summed E-state index contributed by atoms with van der Waals surface area (Å²) in [7, 11) is 1.94. The van der Waals surface area contributed by atoms with Crippen LogP contribution in [0.3, 0.4) is 0 Å². The lowest BCUT2D eigenvalue weighted by Gasteiger charge is -2.06. The van der Waals surface area contributed by atoms with Crippen LogP contribution < -0.4 is 11.1 Å². The molecule has 0 unspecified atom stereocenters. The predicted molar refractivity (Wildman–Crippen MR) is 48.0 cm³/mol. The number of fused-ring (bicyclic) bond motifs is 1. The van der Waals surface area contributed by atoms with E-state index in [1.165, 1.54) is 0 Å². The van der Waals surface area contributed by atoms with Gasteiger partial charge in [0.25, 0.3) is 0 Å². The fourth-order valence-electron chi connectivity index (χ4n) is 1.53. The van der Waals surface area contributed by atoms with E-state index in [1.54, 1.807) is 0 Å². The Bertz CT molecular complexity index is 253. The van der Waals surface area contributed by atoms with E-state index in [2.05, 4.69) is 10.4 Å². The molecule has 4 heteroatoms. The highest BCUT2D eigenvalue weighted by atomic mass is 15.3. The minimum absolute atomic E-state index is 0.268. The van der Waals surface area contributed by atoms with E-state index >= 15 is 0 Å². The highest BCUT2D eigenvalue weighted by Gasteiger charge is 2.14. The van der Waals surface area contributed by atoms with Gasteiger partial charge in [0.05, 0.1) is 11.4 Å². The van der Waals surface area contributed by atoms with Gasteiger partial charge in [0, 0.05) is 25.8 Å². The van der Waals surface area contributed by atoms with Gasteiger partial charge in [-0.05, 0) is 12.8 Å². The molecule has 1 aromatic rings. The molecular weight excluding hydrogens is 152 g/mol. The zero-order valence-corrected chi connectivity index (χ0v) is 7.25. The number of aromatic nitrogens is 2. The molecule has 12 heavy (non-hydrogen) atoms. The summed E-state index contributed by atoms with van der Waals surface area (Å²) >= 11 is 0. The average Bonchev–Trinajstić information content (AvgIpc) is 2.31. The van der Waals surface area contributed by atoms with Gasteiger partial charge in [0.1, 0.15) is 0 Å². The van der Waals surface area contributed by atoms with Crippen molar-refractivity contribution in [3.05, 3.63) is 11.9 Å². The molecule has 0 amide bonds. The Morgan fingerprint density at radius 2 is 2.58 bits per heavy atom. The summed E-state index contributed by atoms with van der Waals surface area (Å²) in [6.45, 7) is 0.860. The van der Waals surface area contributed by atoms with E-state index in [0.29, 0.717) is 0 Å². The van der Waals surface area contributed by atoms with Crippen LogP contribution >= 0.6 is 0 Å². The Hall–Kier alpha value is -1.03. The normalized spacial score (nSPS) is 22.7. The highest BCUT2D eigenvalue weighted by Crippen LogP contribution is 2.18. The van der Waals surface area contributed by atoms with Crippen LogP contribution in [0.5, 0.6) is 0 Å². The van der Waals surface area contributed by atoms with Crippen molar-refractivity contribution in [1.82, 2.24) is 9.78 Å².